The van der Waals surface area contributed by atoms with Crippen LogP contribution in [0.25, 0.3) is 0 Å². The summed E-state index contributed by atoms with van der Waals surface area (Å²) in [6, 6.07) is 29.8. The lowest BCUT2D eigenvalue weighted by atomic mass is 10.3. The molecule has 0 heterocycles. The quantitative estimate of drug-likeness (QED) is 0.490. The highest BCUT2D eigenvalue weighted by Crippen LogP contribution is 2.12. The molecule has 0 fully saturated rings. The molecule has 4 heteroatoms. The first-order chi connectivity index (χ1) is 11.8. The molecule has 0 amide bonds. The van der Waals surface area contributed by atoms with Crippen molar-refractivity contribution in [3.05, 3.63) is 91.0 Å². The van der Waals surface area contributed by atoms with Gasteiger partial charge in [0.1, 0.15) is 5.75 Å². The standard InChI is InChI=1S/C20H20O3Si/c1-21-24(19-13-7-3-8-14-19,20-15-9-4-10-16-20)23-17-22-18-11-5-2-6-12-18/h2-16H,17H2,1H3. The van der Waals surface area contributed by atoms with Gasteiger partial charge in [-0.3, -0.25) is 0 Å². The minimum absolute atomic E-state index is 0.133. The van der Waals surface area contributed by atoms with Crippen LogP contribution in [0.1, 0.15) is 0 Å². The van der Waals surface area contributed by atoms with E-state index in [2.05, 4.69) is 0 Å². The van der Waals surface area contributed by atoms with Gasteiger partial charge in [-0.25, -0.2) is 0 Å². The van der Waals surface area contributed by atoms with Crippen LogP contribution < -0.4 is 15.1 Å². The number of rotatable bonds is 7. The Bertz CT molecular complexity index is 693. The molecular formula is C20H20O3Si. The molecule has 0 atom stereocenters. The van der Waals surface area contributed by atoms with Crippen molar-refractivity contribution >= 4 is 18.9 Å². The molecular weight excluding hydrogens is 316 g/mol. The van der Waals surface area contributed by atoms with Gasteiger partial charge in [-0.2, -0.15) is 0 Å². The van der Waals surface area contributed by atoms with Crippen LogP contribution in [0.3, 0.4) is 0 Å². The Morgan fingerprint density at radius 1 is 0.667 bits per heavy atom. The fourth-order valence-electron chi connectivity index (χ4n) is 2.64. The zero-order chi connectivity index (χ0) is 16.7. The maximum absolute atomic E-state index is 6.25. The van der Waals surface area contributed by atoms with Crippen molar-refractivity contribution in [2.45, 2.75) is 0 Å². The highest BCUT2D eigenvalue weighted by atomic mass is 28.4. The molecule has 0 unspecified atom stereocenters. The predicted octanol–water partition coefficient (Wildman–Crippen LogP) is 2.94. The lowest BCUT2D eigenvalue weighted by Gasteiger charge is -2.29. The Morgan fingerprint density at radius 3 is 1.58 bits per heavy atom. The van der Waals surface area contributed by atoms with Crippen LogP contribution >= 0.6 is 0 Å². The first-order valence-electron chi connectivity index (χ1n) is 7.83. The lowest BCUT2D eigenvalue weighted by molar-refractivity contribution is 0.0884. The van der Waals surface area contributed by atoms with E-state index in [1.807, 2.05) is 91.0 Å². The molecule has 3 rings (SSSR count). The second-order valence-corrected chi connectivity index (χ2v) is 8.36. The summed E-state index contributed by atoms with van der Waals surface area (Å²) in [5.74, 6) is 0.776. The van der Waals surface area contributed by atoms with E-state index in [9.17, 15) is 0 Å². The van der Waals surface area contributed by atoms with E-state index in [1.54, 1.807) is 7.11 Å². The summed E-state index contributed by atoms with van der Waals surface area (Å²) in [5.41, 5.74) is 0. The zero-order valence-electron chi connectivity index (χ0n) is 13.6. The zero-order valence-corrected chi connectivity index (χ0v) is 14.6. The van der Waals surface area contributed by atoms with Crippen LogP contribution in [-0.2, 0) is 8.85 Å². The maximum Gasteiger partial charge on any atom is 0.409 e. The Balaban J connectivity index is 1.87. The molecule has 0 aliphatic heterocycles. The van der Waals surface area contributed by atoms with Crippen LogP contribution in [0.5, 0.6) is 5.75 Å². The molecule has 3 nitrogen and oxygen atoms in total. The second-order valence-electron chi connectivity index (χ2n) is 5.27. The largest absolute Gasteiger partial charge is 0.468 e. The van der Waals surface area contributed by atoms with Crippen LogP contribution in [0, 0.1) is 0 Å². The normalized spacial score (nSPS) is 11.2. The van der Waals surface area contributed by atoms with E-state index < -0.39 is 8.56 Å². The monoisotopic (exact) mass is 336 g/mol. The Hall–Kier alpha value is -2.40. The van der Waals surface area contributed by atoms with Gasteiger partial charge < -0.3 is 13.6 Å². The van der Waals surface area contributed by atoms with Crippen LogP contribution in [-0.4, -0.2) is 22.5 Å². The Morgan fingerprint density at radius 2 is 1.12 bits per heavy atom. The van der Waals surface area contributed by atoms with Crippen molar-refractivity contribution in [2.75, 3.05) is 13.9 Å². The van der Waals surface area contributed by atoms with E-state index in [0.717, 1.165) is 16.1 Å². The van der Waals surface area contributed by atoms with E-state index in [-0.39, 0.29) is 6.79 Å². The predicted molar refractivity (Wildman–Crippen MR) is 97.9 cm³/mol. The lowest BCUT2D eigenvalue weighted by Crippen LogP contribution is -2.63. The highest BCUT2D eigenvalue weighted by molar-refractivity contribution is 6.92. The number of para-hydroxylation sites is 1. The molecule has 0 saturated heterocycles. The molecule has 0 aliphatic carbocycles. The Labute approximate surface area is 143 Å². The molecule has 3 aromatic rings. The molecule has 0 N–H and O–H groups in total. The minimum Gasteiger partial charge on any atom is -0.468 e. The summed E-state index contributed by atoms with van der Waals surface area (Å²) in [4.78, 5) is 0. The SMILES string of the molecule is CO[Si](OCOc1ccccc1)(c1ccccc1)c1ccccc1. The third kappa shape index (κ3) is 3.57. The number of hydrogen-bond acceptors (Lipinski definition) is 3. The van der Waals surface area contributed by atoms with Gasteiger partial charge in [0.2, 0.25) is 0 Å². The van der Waals surface area contributed by atoms with Crippen LogP contribution in [0.4, 0.5) is 0 Å². The number of benzene rings is 3. The van der Waals surface area contributed by atoms with Gasteiger partial charge in [0, 0.05) is 7.11 Å². The molecule has 122 valence electrons. The fourth-order valence-corrected chi connectivity index (χ4v) is 5.38. The summed E-state index contributed by atoms with van der Waals surface area (Å²) in [6.45, 7) is 0.133. The molecule has 0 saturated carbocycles. The molecule has 0 aromatic heterocycles. The van der Waals surface area contributed by atoms with Gasteiger partial charge in [-0.15, -0.1) is 0 Å². The van der Waals surface area contributed by atoms with E-state index in [4.69, 9.17) is 13.6 Å². The topological polar surface area (TPSA) is 27.7 Å². The average molecular weight is 336 g/mol. The summed E-state index contributed by atoms with van der Waals surface area (Å²) >= 11 is 0. The van der Waals surface area contributed by atoms with E-state index >= 15 is 0 Å². The second kappa shape index (κ2) is 7.92. The summed E-state index contributed by atoms with van der Waals surface area (Å²) in [5, 5.41) is 2.10. The number of ether oxygens (including phenoxy) is 1. The van der Waals surface area contributed by atoms with Crippen molar-refractivity contribution in [1.29, 1.82) is 0 Å². The summed E-state index contributed by atoms with van der Waals surface area (Å²) in [6.07, 6.45) is 0. The van der Waals surface area contributed by atoms with Gasteiger partial charge in [-0.1, -0.05) is 78.9 Å². The van der Waals surface area contributed by atoms with Gasteiger partial charge in [0.15, 0.2) is 6.79 Å². The first kappa shape index (κ1) is 16.5. The molecule has 24 heavy (non-hydrogen) atoms. The molecule has 0 bridgehead atoms. The van der Waals surface area contributed by atoms with Gasteiger partial charge >= 0.3 is 8.56 Å². The third-order valence-corrected chi connectivity index (χ3v) is 7.11. The Kier molecular flexibility index (Phi) is 5.43. The number of hydrogen-bond donors (Lipinski definition) is 0. The maximum atomic E-state index is 6.25. The van der Waals surface area contributed by atoms with Crippen molar-refractivity contribution in [3.63, 3.8) is 0 Å². The van der Waals surface area contributed by atoms with Crippen LogP contribution in [0.2, 0.25) is 0 Å². The first-order valence-corrected chi connectivity index (χ1v) is 9.65. The van der Waals surface area contributed by atoms with Gasteiger partial charge in [0.25, 0.3) is 0 Å². The molecule has 0 aliphatic rings. The van der Waals surface area contributed by atoms with Crippen LogP contribution in [0.15, 0.2) is 91.0 Å². The van der Waals surface area contributed by atoms with E-state index in [0.29, 0.717) is 0 Å². The summed E-state index contributed by atoms with van der Waals surface area (Å²) < 4.78 is 18.0. The van der Waals surface area contributed by atoms with Crippen molar-refractivity contribution in [3.8, 4) is 5.75 Å². The molecule has 0 spiro atoms. The summed E-state index contributed by atoms with van der Waals surface area (Å²) in [7, 11) is -1.10. The fraction of sp³-hybridized carbons (Fsp3) is 0.100. The molecule has 3 aromatic carbocycles. The minimum atomic E-state index is -2.80. The third-order valence-electron chi connectivity index (χ3n) is 3.83. The van der Waals surface area contributed by atoms with E-state index in [1.165, 1.54) is 0 Å². The molecule has 0 radical (unpaired) electrons. The average Bonchev–Trinajstić information content (AvgIpc) is 2.68. The van der Waals surface area contributed by atoms with Crippen molar-refractivity contribution < 1.29 is 13.6 Å². The smallest absolute Gasteiger partial charge is 0.409 e. The van der Waals surface area contributed by atoms with Gasteiger partial charge in [0.05, 0.1) is 0 Å². The van der Waals surface area contributed by atoms with Crippen molar-refractivity contribution in [2.24, 2.45) is 0 Å². The van der Waals surface area contributed by atoms with Gasteiger partial charge in [-0.05, 0) is 22.5 Å². The highest BCUT2D eigenvalue weighted by Gasteiger charge is 2.41. The van der Waals surface area contributed by atoms with Crippen molar-refractivity contribution in [1.82, 2.24) is 0 Å².